The van der Waals surface area contributed by atoms with Crippen LogP contribution in [-0.4, -0.2) is 13.6 Å². The van der Waals surface area contributed by atoms with Gasteiger partial charge < -0.3 is 17.7 Å². The van der Waals surface area contributed by atoms with Crippen molar-refractivity contribution in [3.8, 4) is 5.75 Å². The standard InChI is InChI=1S/C11H12BF4O/c1-3-8(2)7-17-11-6-9(12(14,15)16)4-5-10(11)13/h4-6H,2-3,7H2,1H3/q-1. The fourth-order valence-corrected chi connectivity index (χ4v) is 1.12. The van der Waals surface area contributed by atoms with Crippen molar-refractivity contribution in [2.24, 2.45) is 0 Å². The van der Waals surface area contributed by atoms with Crippen LogP contribution in [0.25, 0.3) is 0 Å². The van der Waals surface area contributed by atoms with Crippen LogP contribution in [0.4, 0.5) is 17.3 Å². The Kier molecular flexibility index (Phi) is 4.20. The second kappa shape index (κ2) is 5.25. The van der Waals surface area contributed by atoms with Crippen molar-refractivity contribution in [2.45, 2.75) is 13.3 Å². The molecule has 1 aromatic rings. The van der Waals surface area contributed by atoms with Crippen molar-refractivity contribution in [3.63, 3.8) is 0 Å². The molecule has 0 saturated heterocycles. The lowest BCUT2D eigenvalue weighted by Gasteiger charge is -2.16. The Labute approximate surface area is 97.1 Å². The Balaban J connectivity index is 2.88. The monoisotopic (exact) mass is 247 g/mol. The first kappa shape index (κ1) is 13.6. The van der Waals surface area contributed by atoms with Gasteiger partial charge >= 0.3 is 6.98 Å². The number of hydrogen-bond donors (Lipinski definition) is 0. The van der Waals surface area contributed by atoms with Gasteiger partial charge in [-0.25, -0.2) is 4.39 Å². The molecule has 1 aromatic carbocycles. The van der Waals surface area contributed by atoms with Gasteiger partial charge in [0.15, 0.2) is 11.6 Å². The Hall–Kier alpha value is -1.46. The predicted molar refractivity (Wildman–Crippen MR) is 60.0 cm³/mol. The van der Waals surface area contributed by atoms with Gasteiger partial charge in [-0.2, -0.15) is 0 Å². The molecular weight excluding hydrogens is 235 g/mol. The number of halogens is 4. The van der Waals surface area contributed by atoms with Crippen LogP contribution < -0.4 is 10.2 Å². The highest BCUT2D eigenvalue weighted by Crippen LogP contribution is 2.19. The van der Waals surface area contributed by atoms with Crippen molar-refractivity contribution in [3.05, 3.63) is 36.2 Å². The van der Waals surface area contributed by atoms with Gasteiger partial charge in [0.2, 0.25) is 0 Å². The molecular formula is C11H12BF4O-. The molecule has 0 bridgehead atoms. The third-order valence-corrected chi connectivity index (χ3v) is 2.27. The first-order chi connectivity index (χ1) is 7.84. The highest BCUT2D eigenvalue weighted by Gasteiger charge is 2.26. The first-order valence-corrected chi connectivity index (χ1v) is 5.13. The number of ether oxygens (including phenoxy) is 1. The largest absolute Gasteiger partial charge is 0.509 e. The van der Waals surface area contributed by atoms with Gasteiger partial charge in [-0.1, -0.05) is 19.6 Å². The van der Waals surface area contributed by atoms with E-state index in [1.165, 1.54) is 0 Å². The zero-order valence-electron chi connectivity index (χ0n) is 9.35. The van der Waals surface area contributed by atoms with E-state index >= 15 is 0 Å². The summed E-state index contributed by atoms with van der Waals surface area (Å²) in [6.07, 6.45) is 0.629. The summed E-state index contributed by atoms with van der Waals surface area (Å²) in [7, 11) is 0. The van der Waals surface area contributed by atoms with E-state index in [9.17, 15) is 17.3 Å². The van der Waals surface area contributed by atoms with E-state index in [2.05, 4.69) is 6.58 Å². The zero-order valence-corrected chi connectivity index (χ0v) is 9.35. The number of benzene rings is 1. The molecule has 0 heterocycles. The summed E-state index contributed by atoms with van der Waals surface area (Å²) in [6.45, 7) is 0.327. The Morgan fingerprint density at radius 3 is 2.53 bits per heavy atom. The van der Waals surface area contributed by atoms with E-state index < -0.39 is 24.0 Å². The van der Waals surface area contributed by atoms with Gasteiger partial charge in [0, 0.05) is 0 Å². The van der Waals surface area contributed by atoms with Crippen LogP contribution in [0.5, 0.6) is 5.75 Å². The lowest BCUT2D eigenvalue weighted by molar-refractivity contribution is 0.330. The molecule has 0 aliphatic rings. The van der Waals surface area contributed by atoms with Gasteiger partial charge in [-0.05, 0) is 24.1 Å². The maximum absolute atomic E-state index is 13.2. The number of hydrogen-bond acceptors (Lipinski definition) is 1. The molecule has 17 heavy (non-hydrogen) atoms. The van der Waals surface area contributed by atoms with E-state index in [4.69, 9.17) is 4.74 Å². The summed E-state index contributed by atoms with van der Waals surface area (Å²) >= 11 is 0. The molecule has 0 saturated carbocycles. The van der Waals surface area contributed by atoms with Gasteiger partial charge in [-0.3, -0.25) is 0 Å². The lowest BCUT2D eigenvalue weighted by atomic mass is 9.80. The smallest absolute Gasteiger partial charge is 0.486 e. The van der Waals surface area contributed by atoms with Gasteiger partial charge in [-0.15, -0.1) is 5.46 Å². The fraction of sp³-hybridized carbons (Fsp3) is 0.273. The summed E-state index contributed by atoms with van der Waals surface area (Å²) in [5.74, 6) is -1.20. The van der Waals surface area contributed by atoms with Gasteiger partial charge in [0.05, 0.1) is 0 Å². The first-order valence-electron chi connectivity index (χ1n) is 5.13. The second-order valence-corrected chi connectivity index (χ2v) is 3.66. The normalized spacial score (nSPS) is 11.4. The molecule has 1 rings (SSSR count). The summed E-state index contributed by atoms with van der Waals surface area (Å²) in [5.41, 5.74) is -0.184. The number of rotatable bonds is 5. The van der Waals surface area contributed by atoms with E-state index in [1.54, 1.807) is 0 Å². The third-order valence-electron chi connectivity index (χ3n) is 2.27. The Bertz CT molecular complexity index is 414. The molecule has 0 amide bonds. The molecule has 0 aromatic heterocycles. The fourth-order valence-electron chi connectivity index (χ4n) is 1.12. The van der Waals surface area contributed by atoms with E-state index in [0.717, 1.165) is 6.07 Å². The van der Waals surface area contributed by atoms with Crippen LogP contribution >= 0.6 is 0 Å². The SMILES string of the molecule is C=C(CC)COc1cc([B-](F)(F)F)ccc1F. The molecule has 0 unspecified atom stereocenters. The molecule has 0 radical (unpaired) electrons. The minimum Gasteiger partial charge on any atom is -0.486 e. The van der Waals surface area contributed by atoms with Crippen molar-refractivity contribution in [1.82, 2.24) is 0 Å². The molecule has 6 heteroatoms. The van der Waals surface area contributed by atoms with Gasteiger partial charge in [0.1, 0.15) is 6.61 Å². The van der Waals surface area contributed by atoms with Crippen LogP contribution in [0.15, 0.2) is 30.4 Å². The summed E-state index contributed by atoms with van der Waals surface area (Å²) in [4.78, 5) is 0. The molecule has 0 aliphatic heterocycles. The highest BCUT2D eigenvalue weighted by atomic mass is 19.4. The lowest BCUT2D eigenvalue weighted by Crippen LogP contribution is -2.34. The van der Waals surface area contributed by atoms with E-state index in [-0.39, 0.29) is 6.61 Å². The molecule has 0 aliphatic carbocycles. The minimum atomic E-state index is -5.14. The quantitative estimate of drug-likeness (QED) is 0.441. The molecule has 0 fully saturated rings. The average molecular weight is 247 g/mol. The predicted octanol–water partition coefficient (Wildman–Crippen LogP) is 3.23. The van der Waals surface area contributed by atoms with Crippen LogP contribution in [0.3, 0.4) is 0 Å². The van der Waals surface area contributed by atoms with Crippen molar-refractivity contribution >= 4 is 12.4 Å². The van der Waals surface area contributed by atoms with Crippen LogP contribution in [0, 0.1) is 5.82 Å². The van der Waals surface area contributed by atoms with Crippen LogP contribution in [0.1, 0.15) is 13.3 Å². The summed E-state index contributed by atoms with van der Waals surface area (Å²) in [6, 6.07) is 2.14. The minimum absolute atomic E-state index is 0.0156. The van der Waals surface area contributed by atoms with Crippen molar-refractivity contribution in [1.29, 1.82) is 0 Å². The van der Waals surface area contributed by atoms with Crippen molar-refractivity contribution < 1.29 is 22.1 Å². The maximum atomic E-state index is 13.2. The average Bonchev–Trinajstić information content (AvgIpc) is 2.26. The van der Waals surface area contributed by atoms with Gasteiger partial charge in [0.25, 0.3) is 0 Å². The zero-order chi connectivity index (χ0) is 13.1. The Morgan fingerprint density at radius 2 is 2.00 bits per heavy atom. The van der Waals surface area contributed by atoms with Crippen LogP contribution in [0.2, 0.25) is 0 Å². The highest BCUT2D eigenvalue weighted by molar-refractivity contribution is 6.73. The molecule has 0 spiro atoms. The maximum Gasteiger partial charge on any atom is 0.509 e. The molecule has 94 valence electrons. The summed E-state index contributed by atoms with van der Waals surface area (Å²) in [5, 5.41) is 0. The topological polar surface area (TPSA) is 9.23 Å². The molecule has 1 nitrogen and oxygen atoms in total. The molecule has 0 N–H and O–H groups in total. The second-order valence-electron chi connectivity index (χ2n) is 3.66. The summed E-state index contributed by atoms with van der Waals surface area (Å²) < 4.78 is 55.5. The van der Waals surface area contributed by atoms with E-state index in [1.807, 2.05) is 6.92 Å². The van der Waals surface area contributed by atoms with E-state index in [0.29, 0.717) is 24.1 Å². The molecule has 0 atom stereocenters. The van der Waals surface area contributed by atoms with Crippen LogP contribution in [-0.2, 0) is 0 Å². The van der Waals surface area contributed by atoms with Crippen molar-refractivity contribution in [2.75, 3.05) is 6.61 Å². The third kappa shape index (κ3) is 3.80. The Morgan fingerprint density at radius 1 is 1.35 bits per heavy atom.